The molecule has 16 heavy (non-hydrogen) atoms. The van der Waals surface area contributed by atoms with Crippen molar-refractivity contribution in [2.24, 2.45) is 5.92 Å². The van der Waals surface area contributed by atoms with Gasteiger partial charge in [-0.3, -0.25) is 9.69 Å². The van der Waals surface area contributed by atoms with Crippen molar-refractivity contribution in [1.29, 1.82) is 0 Å². The van der Waals surface area contributed by atoms with Gasteiger partial charge in [-0.05, 0) is 38.1 Å². The average molecular weight is 225 g/mol. The van der Waals surface area contributed by atoms with Crippen molar-refractivity contribution in [3.05, 3.63) is 0 Å². The lowest BCUT2D eigenvalue weighted by Gasteiger charge is -2.39. The largest absolute Gasteiger partial charge is 0.480 e. The molecule has 92 valence electrons. The van der Waals surface area contributed by atoms with Crippen molar-refractivity contribution in [3.63, 3.8) is 0 Å². The Bertz CT molecular complexity index is 254. The molecule has 2 fully saturated rings. The molecule has 0 aromatic heterocycles. The van der Waals surface area contributed by atoms with Crippen LogP contribution in [-0.4, -0.2) is 34.6 Å². The highest BCUT2D eigenvalue weighted by molar-refractivity contribution is 5.73. The molecule has 3 atom stereocenters. The molecule has 3 nitrogen and oxygen atoms in total. The SMILES string of the molecule is CCC1CCCCC1N1CCCC1C(=O)O. The normalized spacial score (nSPS) is 36.4. The monoisotopic (exact) mass is 225 g/mol. The molecule has 1 heterocycles. The summed E-state index contributed by atoms with van der Waals surface area (Å²) in [4.78, 5) is 13.5. The summed E-state index contributed by atoms with van der Waals surface area (Å²) in [5.74, 6) is 0.117. The first kappa shape index (κ1) is 11.9. The van der Waals surface area contributed by atoms with Gasteiger partial charge < -0.3 is 5.11 Å². The van der Waals surface area contributed by atoms with Gasteiger partial charge in [-0.1, -0.05) is 26.2 Å². The third kappa shape index (κ3) is 2.24. The summed E-state index contributed by atoms with van der Waals surface area (Å²) >= 11 is 0. The number of nitrogens with zero attached hydrogens (tertiary/aromatic N) is 1. The molecule has 1 aliphatic heterocycles. The minimum absolute atomic E-state index is 0.197. The minimum atomic E-state index is -0.613. The maximum absolute atomic E-state index is 11.2. The summed E-state index contributed by atoms with van der Waals surface area (Å²) in [7, 11) is 0. The smallest absolute Gasteiger partial charge is 0.320 e. The van der Waals surface area contributed by atoms with Crippen LogP contribution in [0.5, 0.6) is 0 Å². The Morgan fingerprint density at radius 3 is 2.69 bits per heavy atom. The van der Waals surface area contributed by atoms with Gasteiger partial charge in [0.05, 0.1) is 0 Å². The fourth-order valence-electron chi connectivity index (χ4n) is 3.55. The van der Waals surface area contributed by atoms with Gasteiger partial charge in [0.1, 0.15) is 6.04 Å². The first-order chi connectivity index (χ1) is 7.74. The molecule has 1 N–H and O–H groups in total. The molecule has 1 saturated heterocycles. The van der Waals surface area contributed by atoms with Crippen molar-refractivity contribution in [2.75, 3.05) is 6.54 Å². The molecule has 0 amide bonds. The van der Waals surface area contributed by atoms with E-state index in [4.69, 9.17) is 0 Å². The second-order valence-electron chi connectivity index (χ2n) is 5.25. The molecular formula is C13H23NO2. The predicted octanol–water partition coefficient (Wildman–Crippen LogP) is 2.50. The van der Waals surface area contributed by atoms with Gasteiger partial charge in [0.25, 0.3) is 0 Å². The van der Waals surface area contributed by atoms with E-state index in [-0.39, 0.29) is 6.04 Å². The van der Waals surface area contributed by atoms with Crippen molar-refractivity contribution in [3.8, 4) is 0 Å². The van der Waals surface area contributed by atoms with Crippen LogP contribution in [0.4, 0.5) is 0 Å². The summed E-state index contributed by atoms with van der Waals surface area (Å²) in [5.41, 5.74) is 0. The summed E-state index contributed by atoms with van der Waals surface area (Å²) in [6, 6.07) is 0.347. The lowest BCUT2D eigenvalue weighted by molar-refractivity contribution is -0.143. The third-order valence-corrected chi connectivity index (χ3v) is 4.40. The van der Waals surface area contributed by atoms with E-state index in [9.17, 15) is 9.90 Å². The number of hydrogen-bond acceptors (Lipinski definition) is 2. The van der Waals surface area contributed by atoms with Crippen LogP contribution in [0.25, 0.3) is 0 Å². The highest BCUT2D eigenvalue weighted by Crippen LogP contribution is 2.34. The number of carboxylic acids is 1. The quantitative estimate of drug-likeness (QED) is 0.802. The maximum Gasteiger partial charge on any atom is 0.320 e. The number of likely N-dealkylation sites (tertiary alicyclic amines) is 1. The Labute approximate surface area is 97.8 Å². The van der Waals surface area contributed by atoms with Crippen molar-refractivity contribution < 1.29 is 9.90 Å². The van der Waals surface area contributed by atoms with Gasteiger partial charge in [0.15, 0.2) is 0 Å². The molecule has 1 aliphatic carbocycles. The summed E-state index contributed by atoms with van der Waals surface area (Å²) in [6.45, 7) is 3.24. The third-order valence-electron chi connectivity index (χ3n) is 4.40. The molecule has 0 bridgehead atoms. The first-order valence-electron chi connectivity index (χ1n) is 6.72. The Hall–Kier alpha value is -0.570. The van der Waals surface area contributed by atoms with Gasteiger partial charge in [-0.15, -0.1) is 0 Å². The number of carboxylic acid groups (broad SMARTS) is 1. The van der Waals surface area contributed by atoms with Crippen LogP contribution >= 0.6 is 0 Å². The van der Waals surface area contributed by atoms with Crippen molar-refractivity contribution >= 4 is 5.97 Å². The summed E-state index contributed by atoms with van der Waals surface area (Å²) < 4.78 is 0. The van der Waals surface area contributed by atoms with E-state index >= 15 is 0 Å². The standard InChI is InChI=1S/C13H23NO2/c1-2-10-6-3-4-7-11(10)14-9-5-8-12(14)13(15)16/h10-12H,2-9H2,1H3,(H,15,16). The fourth-order valence-corrected chi connectivity index (χ4v) is 3.55. The molecule has 0 aromatic carbocycles. The van der Waals surface area contributed by atoms with Gasteiger partial charge in [0, 0.05) is 6.04 Å². The topological polar surface area (TPSA) is 40.5 Å². The van der Waals surface area contributed by atoms with Gasteiger partial charge >= 0.3 is 5.97 Å². The van der Waals surface area contributed by atoms with Gasteiger partial charge in [0.2, 0.25) is 0 Å². The maximum atomic E-state index is 11.2. The van der Waals surface area contributed by atoms with Gasteiger partial charge in [-0.2, -0.15) is 0 Å². The summed E-state index contributed by atoms with van der Waals surface area (Å²) in [6.07, 6.45) is 8.23. The van der Waals surface area contributed by atoms with Gasteiger partial charge in [-0.25, -0.2) is 0 Å². The molecule has 3 unspecified atom stereocenters. The van der Waals surface area contributed by atoms with Crippen LogP contribution in [-0.2, 0) is 4.79 Å². The van der Waals surface area contributed by atoms with E-state index in [1.165, 1.54) is 32.1 Å². The first-order valence-corrected chi connectivity index (χ1v) is 6.72. The number of aliphatic carboxylic acids is 1. The Morgan fingerprint density at radius 1 is 1.25 bits per heavy atom. The van der Waals surface area contributed by atoms with E-state index in [1.807, 2.05) is 0 Å². The van der Waals surface area contributed by atoms with Crippen molar-refractivity contribution in [1.82, 2.24) is 4.90 Å². The molecule has 2 rings (SSSR count). The Morgan fingerprint density at radius 2 is 2.00 bits per heavy atom. The minimum Gasteiger partial charge on any atom is -0.480 e. The zero-order valence-electron chi connectivity index (χ0n) is 10.2. The van der Waals surface area contributed by atoms with E-state index in [2.05, 4.69) is 11.8 Å². The molecule has 0 spiro atoms. The van der Waals surface area contributed by atoms with Crippen LogP contribution in [0.1, 0.15) is 51.9 Å². The lowest BCUT2D eigenvalue weighted by Crippen LogP contribution is -2.47. The van der Waals surface area contributed by atoms with Crippen LogP contribution in [0.3, 0.4) is 0 Å². The fraction of sp³-hybridized carbons (Fsp3) is 0.923. The number of rotatable bonds is 3. The lowest BCUT2D eigenvalue weighted by atomic mass is 9.81. The average Bonchev–Trinajstić information content (AvgIpc) is 2.77. The molecule has 0 radical (unpaired) electrons. The zero-order chi connectivity index (χ0) is 11.5. The predicted molar refractivity (Wildman–Crippen MR) is 63.4 cm³/mol. The second-order valence-corrected chi connectivity index (χ2v) is 5.25. The molecule has 1 saturated carbocycles. The summed E-state index contributed by atoms with van der Waals surface area (Å²) in [5, 5.41) is 9.23. The molecule has 0 aromatic rings. The molecule has 3 heteroatoms. The van der Waals surface area contributed by atoms with Crippen LogP contribution in [0.15, 0.2) is 0 Å². The molecule has 2 aliphatic rings. The second kappa shape index (κ2) is 5.17. The van der Waals surface area contributed by atoms with Crippen molar-refractivity contribution in [2.45, 2.75) is 64.0 Å². The van der Waals surface area contributed by atoms with Crippen LogP contribution in [0, 0.1) is 5.92 Å². The highest BCUT2D eigenvalue weighted by atomic mass is 16.4. The zero-order valence-corrected chi connectivity index (χ0v) is 10.2. The van der Waals surface area contributed by atoms with E-state index in [1.54, 1.807) is 0 Å². The van der Waals surface area contributed by atoms with Crippen LogP contribution in [0.2, 0.25) is 0 Å². The molecular weight excluding hydrogens is 202 g/mol. The number of hydrogen-bond donors (Lipinski definition) is 1. The highest BCUT2D eigenvalue weighted by Gasteiger charge is 2.38. The van der Waals surface area contributed by atoms with E-state index in [0.717, 1.165) is 25.3 Å². The number of carbonyl (C=O) groups is 1. The Balaban J connectivity index is 2.06. The van der Waals surface area contributed by atoms with E-state index < -0.39 is 5.97 Å². The Kier molecular flexibility index (Phi) is 3.85. The van der Waals surface area contributed by atoms with Crippen LogP contribution < -0.4 is 0 Å². The van der Waals surface area contributed by atoms with E-state index in [0.29, 0.717) is 6.04 Å².